The van der Waals surface area contributed by atoms with E-state index in [2.05, 4.69) is 37.9 Å². The summed E-state index contributed by atoms with van der Waals surface area (Å²) in [5.74, 6) is 0.519. The maximum absolute atomic E-state index is 11.5. The monoisotopic (exact) mass is 283 g/mol. The number of nitrogens with one attached hydrogen (secondary N) is 2. The van der Waals surface area contributed by atoms with Crippen LogP contribution in [-0.2, 0) is 6.54 Å². The molecule has 2 N–H and O–H groups in total. The molecule has 6 nitrogen and oxygen atoms in total. The zero-order valence-corrected chi connectivity index (χ0v) is 11.8. The molecule has 0 radical (unpaired) electrons. The lowest BCUT2D eigenvalue weighted by Gasteiger charge is -2.22. The van der Waals surface area contributed by atoms with Crippen LogP contribution in [0.3, 0.4) is 0 Å². The first-order chi connectivity index (χ1) is 10.3. The van der Waals surface area contributed by atoms with Crippen LogP contribution in [0.25, 0.3) is 0 Å². The third-order valence-electron chi connectivity index (χ3n) is 3.50. The lowest BCUT2D eigenvalue weighted by Crippen LogP contribution is -2.26. The van der Waals surface area contributed by atoms with Crippen LogP contribution in [0.2, 0.25) is 0 Å². The van der Waals surface area contributed by atoms with Crippen molar-refractivity contribution in [3.8, 4) is 0 Å². The second-order valence-electron chi connectivity index (χ2n) is 4.81. The smallest absolute Gasteiger partial charge is 0.271 e. The van der Waals surface area contributed by atoms with Crippen LogP contribution >= 0.6 is 0 Å². The van der Waals surface area contributed by atoms with E-state index in [1.54, 1.807) is 13.1 Å². The van der Waals surface area contributed by atoms with E-state index in [9.17, 15) is 4.79 Å². The maximum atomic E-state index is 11.5. The number of para-hydroxylation sites is 1. The Hall–Kier alpha value is -2.47. The van der Waals surface area contributed by atoms with Gasteiger partial charge in [-0.2, -0.15) is 0 Å². The Morgan fingerprint density at radius 2 is 2.10 bits per heavy atom. The van der Waals surface area contributed by atoms with Gasteiger partial charge in [0, 0.05) is 32.4 Å². The zero-order valence-electron chi connectivity index (χ0n) is 11.8. The summed E-state index contributed by atoms with van der Waals surface area (Å²) in [6.45, 7) is 2.52. The summed E-state index contributed by atoms with van der Waals surface area (Å²) >= 11 is 0. The summed E-state index contributed by atoms with van der Waals surface area (Å²) in [6, 6.07) is 11.8. The van der Waals surface area contributed by atoms with Gasteiger partial charge in [-0.25, -0.2) is 0 Å². The molecule has 1 aliphatic heterocycles. The van der Waals surface area contributed by atoms with Gasteiger partial charge >= 0.3 is 0 Å². The predicted octanol–water partition coefficient (Wildman–Crippen LogP) is 1.08. The van der Waals surface area contributed by atoms with Crippen LogP contribution in [0.1, 0.15) is 16.1 Å². The molecule has 1 amide bonds. The van der Waals surface area contributed by atoms with Gasteiger partial charge in [0.2, 0.25) is 0 Å². The SMILES string of the molecule is CNC(=O)c1ccc(N2CCNCc3ccccc32)nn1. The number of aromatic nitrogens is 2. The molecule has 3 rings (SSSR count). The fourth-order valence-corrected chi connectivity index (χ4v) is 2.41. The van der Waals surface area contributed by atoms with Crippen LogP contribution in [0.5, 0.6) is 0 Å². The molecular weight excluding hydrogens is 266 g/mol. The number of carbonyl (C=O) groups excluding carboxylic acids is 1. The zero-order chi connectivity index (χ0) is 14.7. The van der Waals surface area contributed by atoms with Crippen LogP contribution in [0.4, 0.5) is 11.5 Å². The van der Waals surface area contributed by atoms with Crippen LogP contribution < -0.4 is 15.5 Å². The number of rotatable bonds is 2. The van der Waals surface area contributed by atoms with Gasteiger partial charge in [-0.3, -0.25) is 4.79 Å². The Morgan fingerprint density at radius 1 is 1.24 bits per heavy atom. The van der Waals surface area contributed by atoms with Crippen molar-refractivity contribution in [1.29, 1.82) is 0 Å². The third kappa shape index (κ3) is 2.71. The Kier molecular flexibility index (Phi) is 3.79. The Morgan fingerprint density at radius 3 is 2.86 bits per heavy atom. The van der Waals surface area contributed by atoms with Gasteiger partial charge in [0.15, 0.2) is 11.5 Å². The van der Waals surface area contributed by atoms with E-state index in [1.807, 2.05) is 18.2 Å². The summed E-state index contributed by atoms with van der Waals surface area (Å²) in [7, 11) is 1.58. The van der Waals surface area contributed by atoms with E-state index in [4.69, 9.17) is 0 Å². The molecule has 6 heteroatoms. The van der Waals surface area contributed by atoms with Crippen molar-refractivity contribution in [2.75, 3.05) is 25.0 Å². The Balaban J connectivity index is 1.94. The van der Waals surface area contributed by atoms with E-state index in [1.165, 1.54) is 5.56 Å². The molecule has 0 saturated carbocycles. The lowest BCUT2D eigenvalue weighted by molar-refractivity contribution is 0.0957. The van der Waals surface area contributed by atoms with Crippen molar-refractivity contribution in [2.45, 2.75) is 6.54 Å². The molecular formula is C15H17N5O. The fraction of sp³-hybridized carbons (Fsp3) is 0.267. The number of nitrogens with zero attached hydrogens (tertiary/aromatic N) is 3. The second kappa shape index (κ2) is 5.88. The van der Waals surface area contributed by atoms with Gasteiger partial charge in [-0.05, 0) is 23.8 Å². The van der Waals surface area contributed by atoms with Crippen molar-refractivity contribution >= 4 is 17.4 Å². The van der Waals surface area contributed by atoms with E-state index in [0.29, 0.717) is 5.69 Å². The first-order valence-corrected chi connectivity index (χ1v) is 6.91. The Bertz CT molecular complexity index is 641. The molecule has 0 saturated heterocycles. The van der Waals surface area contributed by atoms with E-state index >= 15 is 0 Å². The van der Waals surface area contributed by atoms with Crippen molar-refractivity contribution < 1.29 is 4.79 Å². The van der Waals surface area contributed by atoms with Crippen molar-refractivity contribution in [3.63, 3.8) is 0 Å². The summed E-state index contributed by atoms with van der Waals surface area (Å²) in [6.07, 6.45) is 0. The molecule has 2 heterocycles. The van der Waals surface area contributed by atoms with Crippen molar-refractivity contribution in [1.82, 2.24) is 20.8 Å². The molecule has 2 aromatic rings. The molecule has 0 spiro atoms. The number of amides is 1. The molecule has 0 atom stereocenters. The minimum Gasteiger partial charge on any atom is -0.354 e. The van der Waals surface area contributed by atoms with Gasteiger partial charge in [-0.1, -0.05) is 18.2 Å². The van der Waals surface area contributed by atoms with Crippen LogP contribution in [-0.4, -0.2) is 36.2 Å². The maximum Gasteiger partial charge on any atom is 0.271 e. The number of carbonyl (C=O) groups is 1. The molecule has 108 valence electrons. The van der Waals surface area contributed by atoms with Crippen LogP contribution in [0, 0.1) is 0 Å². The number of hydrogen-bond donors (Lipinski definition) is 2. The van der Waals surface area contributed by atoms with Crippen molar-refractivity contribution in [2.24, 2.45) is 0 Å². The highest BCUT2D eigenvalue weighted by Gasteiger charge is 2.17. The van der Waals surface area contributed by atoms with Crippen molar-refractivity contribution in [3.05, 3.63) is 47.7 Å². The fourth-order valence-electron chi connectivity index (χ4n) is 2.41. The second-order valence-corrected chi connectivity index (χ2v) is 4.81. The molecule has 0 fully saturated rings. The molecule has 0 bridgehead atoms. The summed E-state index contributed by atoms with van der Waals surface area (Å²) < 4.78 is 0. The molecule has 1 aliphatic rings. The summed E-state index contributed by atoms with van der Waals surface area (Å²) in [5.41, 5.74) is 2.68. The largest absolute Gasteiger partial charge is 0.354 e. The summed E-state index contributed by atoms with van der Waals surface area (Å²) in [5, 5.41) is 14.1. The highest BCUT2D eigenvalue weighted by Crippen LogP contribution is 2.27. The minimum atomic E-state index is -0.230. The van der Waals surface area contributed by atoms with Crippen LogP contribution in [0.15, 0.2) is 36.4 Å². The molecule has 0 unspecified atom stereocenters. The van der Waals surface area contributed by atoms with Gasteiger partial charge in [0.1, 0.15) is 0 Å². The van der Waals surface area contributed by atoms with Gasteiger partial charge in [-0.15, -0.1) is 10.2 Å². The quantitative estimate of drug-likeness (QED) is 0.863. The number of hydrogen-bond acceptors (Lipinski definition) is 5. The minimum absolute atomic E-state index is 0.230. The average Bonchev–Trinajstić information content (AvgIpc) is 2.77. The molecule has 21 heavy (non-hydrogen) atoms. The number of benzene rings is 1. The highest BCUT2D eigenvalue weighted by atomic mass is 16.1. The highest BCUT2D eigenvalue weighted by molar-refractivity contribution is 5.92. The lowest BCUT2D eigenvalue weighted by atomic mass is 10.1. The predicted molar refractivity (Wildman–Crippen MR) is 80.6 cm³/mol. The molecule has 1 aromatic heterocycles. The normalized spacial score (nSPS) is 14.2. The number of anilines is 2. The van der Waals surface area contributed by atoms with Gasteiger partial charge in [0.25, 0.3) is 5.91 Å². The Labute approximate surface area is 123 Å². The average molecular weight is 283 g/mol. The van der Waals surface area contributed by atoms with Gasteiger partial charge in [0.05, 0.1) is 0 Å². The summed E-state index contributed by atoms with van der Waals surface area (Å²) in [4.78, 5) is 13.6. The van der Waals surface area contributed by atoms with E-state index in [-0.39, 0.29) is 5.91 Å². The standard InChI is InChI=1S/C15H17N5O/c1-16-15(21)12-6-7-14(19-18-12)20-9-8-17-10-11-4-2-3-5-13(11)20/h2-7,17H,8-10H2,1H3,(H,16,21). The topological polar surface area (TPSA) is 70.2 Å². The first kappa shape index (κ1) is 13.5. The first-order valence-electron chi connectivity index (χ1n) is 6.91. The van der Waals surface area contributed by atoms with Gasteiger partial charge < -0.3 is 15.5 Å². The van der Waals surface area contributed by atoms with E-state index < -0.39 is 0 Å². The molecule has 1 aromatic carbocycles. The van der Waals surface area contributed by atoms with E-state index in [0.717, 1.165) is 31.1 Å². The number of fused-ring (bicyclic) bond motifs is 1. The third-order valence-corrected chi connectivity index (χ3v) is 3.50. The molecule has 0 aliphatic carbocycles.